The molecule has 1 unspecified atom stereocenters. The number of anilines is 2. The molecule has 1 saturated carbocycles. The van der Waals surface area contributed by atoms with Crippen molar-refractivity contribution < 1.29 is 0 Å². The molecule has 9 aromatic rings. The van der Waals surface area contributed by atoms with Crippen molar-refractivity contribution in [3.05, 3.63) is 233 Å². The monoisotopic (exact) mass is 835 g/mol. The van der Waals surface area contributed by atoms with Crippen molar-refractivity contribution in [2.24, 2.45) is 0 Å². The largest absolute Gasteiger partial charge is 0.333 e. The fraction of sp³-hybridized carbons (Fsp3) is 0.156. The topological polar surface area (TPSA) is 3.24 Å². The van der Waals surface area contributed by atoms with Crippen LogP contribution in [0.5, 0.6) is 0 Å². The molecule has 9 aromatic carbocycles. The van der Waals surface area contributed by atoms with Gasteiger partial charge in [-0.2, -0.15) is 0 Å². The molecule has 1 nitrogen and oxygen atoms in total. The summed E-state index contributed by atoms with van der Waals surface area (Å²) in [4.78, 5) is 2.72. The zero-order valence-electron chi connectivity index (χ0n) is 37.0. The third-order valence-electron chi connectivity index (χ3n) is 14.7. The van der Waals surface area contributed by atoms with Crippen LogP contribution in [0.4, 0.5) is 11.4 Å². The van der Waals surface area contributed by atoms with Crippen molar-refractivity contribution in [1.29, 1.82) is 0 Å². The fourth-order valence-electron chi connectivity index (χ4n) is 11.7. The van der Waals surface area contributed by atoms with Crippen LogP contribution in [0.1, 0.15) is 74.0 Å². The van der Waals surface area contributed by atoms with Crippen molar-refractivity contribution >= 4 is 60.9 Å². The molecule has 0 bridgehead atoms. The first-order valence-electron chi connectivity index (χ1n) is 23.9. The lowest BCUT2D eigenvalue weighted by molar-refractivity contribution is 0.445. The van der Waals surface area contributed by atoms with E-state index in [0.717, 1.165) is 19.3 Å². The summed E-state index contributed by atoms with van der Waals surface area (Å²) in [5.74, 6) is 0.594. The lowest BCUT2D eigenvalue weighted by atomic mass is 9.79. The van der Waals surface area contributed by atoms with Crippen LogP contribution in [-0.2, 0) is 0 Å². The molecular weight excluding hydrogens is 783 g/mol. The Balaban J connectivity index is 1.10. The van der Waals surface area contributed by atoms with Crippen LogP contribution in [0.15, 0.2) is 206 Å². The zero-order chi connectivity index (χ0) is 43.1. The first-order chi connectivity index (χ1) is 32.3. The average molecular weight is 836 g/mol. The number of allylic oxidation sites excluding steroid dienone is 2. The van der Waals surface area contributed by atoms with Crippen molar-refractivity contribution in [2.45, 2.75) is 63.3 Å². The number of fused-ring (bicyclic) bond motifs is 5. The molecule has 65 heavy (non-hydrogen) atoms. The van der Waals surface area contributed by atoms with Crippen molar-refractivity contribution in [3.63, 3.8) is 0 Å². The SMILES string of the molecule is C1=CCC(N(c2cccc(-c3cccc4c3ccc3ccccc34)c2)c2ccccc2C2=c3c(-c4ccccc4)cccc3=CCC2)C(c2cccc3cccc(C4CCCCC4)c23)=C1. The Morgan fingerprint density at radius 3 is 2.12 bits per heavy atom. The molecule has 0 N–H and O–H groups in total. The second-order valence-electron chi connectivity index (χ2n) is 18.4. The molecule has 0 heterocycles. The van der Waals surface area contributed by atoms with Gasteiger partial charge < -0.3 is 4.90 Å². The highest BCUT2D eigenvalue weighted by Crippen LogP contribution is 2.46. The summed E-state index contributed by atoms with van der Waals surface area (Å²) < 4.78 is 0. The van der Waals surface area contributed by atoms with Crippen LogP contribution >= 0.6 is 0 Å². The van der Waals surface area contributed by atoms with E-state index < -0.39 is 0 Å². The minimum absolute atomic E-state index is 0.0393. The van der Waals surface area contributed by atoms with Gasteiger partial charge in [-0.15, -0.1) is 0 Å². The maximum atomic E-state index is 2.72. The van der Waals surface area contributed by atoms with E-state index in [-0.39, 0.29) is 6.04 Å². The molecule has 0 radical (unpaired) electrons. The Kier molecular flexibility index (Phi) is 10.3. The van der Waals surface area contributed by atoms with Crippen LogP contribution in [-0.4, -0.2) is 6.04 Å². The molecule has 12 rings (SSSR count). The minimum atomic E-state index is 0.0393. The van der Waals surface area contributed by atoms with E-state index >= 15 is 0 Å². The summed E-state index contributed by atoms with van der Waals surface area (Å²) in [5.41, 5.74) is 14.5. The first kappa shape index (κ1) is 39.4. The Morgan fingerprint density at radius 1 is 0.492 bits per heavy atom. The molecule has 0 amide bonds. The van der Waals surface area contributed by atoms with Crippen molar-refractivity contribution in [3.8, 4) is 22.3 Å². The van der Waals surface area contributed by atoms with E-state index in [9.17, 15) is 0 Å². The van der Waals surface area contributed by atoms with Gasteiger partial charge in [-0.05, 0) is 144 Å². The van der Waals surface area contributed by atoms with Gasteiger partial charge in [0.15, 0.2) is 0 Å². The molecule has 3 aliphatic carbocycles. The second kappa shape index (κ2) is 17.1. The summed E-state index contributed by atoms with van der Waals surface area (Å²) in [7, 11) is 0. The highest BCUT2D eigenvalue weighted by molar-refractivity contribution is 6.12. The van der Waals surface area contributed by atoms with Gasteiger partial charge in [0.2, 0.25) is 0 Å². The van der Waals surface area contributed by atoms with Gasteiger partial charge in [0, 0.05) is 16.9 Å². The second-order valence-corrected chi connectivity index (χ2v) is 18.4. The van der Waals surface area contributed by atoms with Crippen LogP contribution < -0.4 is 15.3 Å². The fourth-order valence-corrected chi connectivity index (χ4v) is 11.7. The van der Waals surface area contributed by atoms with Crippen LogP contribution in [0.25, 0.3) is 71.8 Å². The number of para-hydroxylation sites is 1. The van der Waals surface area contributed by atoms with Gasteiger partial charge in [0.25, 0.3) is 0 Å². The lowest BCUT2D eigenvalue weighted by Crippen LogP contribution is -2.35. The summed E-state index contributed by atoms with van der Waals surface area (Å²) in [6.45, 7) is 0. The summed E-state index contributed by atoms with van der Waals surface area (Å²) in [6, 6.07) is 70.9. The Morgan fingerprint density at radius 2 is 1.20 bits per heavy atom. The standard InChI is InChI=1S/C64H53N/c1-3-19-44(20-4-1)53-34-14-24-47-26-16-37-59(63(47)53)57-31-9-11-39-61(57)65(50-29-13-28-49(43-50)52-33-18-36-55-51-30-8-7-23-46(51)41-42-56(52)55)62-40-12-10-32-58(62)60-38-17-27-48-25-15-35-54(64(48)60)45-21-5-2-6-22-45/h1,3-4,7-15,17-20,23-36,38-39,41-43,45,62H,2,5-6,16,21-22,37,40H2. The molecule has 0 aliphatic heterocycles. The molecule has 0 saturated heterocycles. The van der Waals surface area contributed by atoms with E-state index in [1.165, 1.54) is 136 Å². The predicted octanol–water partition coefficient (Wildman–Crippen LogP) is 15.9. The van der Waals surface area contributed by atoms with Crippen LogP contribution in [0, 0.1) is 0 Å². The third-order valence-corrected chi connectivity index (χ3v) is 14.7. The Hall–Kier alpha value is -7.22. The quantitative estimate of drug-likeness (QED) is 0.138. The van der Waals surface area contributed by atoms with Crippen LogP contribution in [0.3, 0.4) is 0 Å². The number of benzene rings is 9. The first-order valence-corrected chi connectivity index (χ1v) is 23.9. The summed E-state index contributed by atoms with van der Waals surface area (Å²) >= 11 is 0. The van der Waals surface area contributed by atoms with E-state index in [2.05, 4.69) is 217 Å². The van der Waals surface area contributed by atoms with E-state index in [1.54, 1.807) is 0 Å². The smallest absolute Gasteiger partial charge is 0.0632 e. The Bertz CT molecular complexity index is 3450. The van der Waals surface area contributed by atoms with E-state index in [1.807, 2.05) is 0 Å². The third kappa shape index (κ3) is 7.11. The van der Waals surface area contributed by atoms with Crippen LogP contribution in [0.2, 0.25) is 0 Å². The number of nitrogens with zero attached hydrogens (tertiary/aromatic N) is 1. The molecule has 1 atom stereocenters. The molecular formula is C64H53N. The molecule has 0 aromatic heterocycles. The van der Waals surface area contributed by atoms with Crippen molar-refractivity contribution in [1.82, 2.24) is 0 Å². The molecule has 1 fully saturated rings. The van der Waals surface area contributed by atoms with E-state index in [0.29, 0.717) is 5.92 Å². The minimum Gasteiger partial charge on any atom is -0.333 e. The highest BCUT2D eigenvalue weighted by atomic mass is 15.2. The van der Waals surface area contributed by atoms with Gasteiger partial charge in [0.1, 0.15) is 0 Å². The predicted molar refractivity (Wildman–Crippen MR) is 278 cm³/mol. The average Bonchev–Trinajstić information content (AvgIpc) is 3.39. The Labute approximate surface area is 383 Å². The maximum Gasteiger partial charge on any atom is 0.0632 e. The molecule has 1 heteroatoms. The number of hydrogen-bond acceptors (Lipinski definition) is 1. The summed E-state index contributed by atoms with van der Waals surface area (Å²) in [6.07, 6.45) is 19.0. The van der Waals surface area contributed by atoms with Gasteiger partial charge in [-0.1, -0.05) is 213 Å². The zero-order valence-corrected chi connectivity index (χ0v) is 37.0. The van der Waals surface area contributed by atoms with Gasteiger partial charge in [-0.3, -0.25) is 0 Å². The molecule has 3 aliphatic rings. The van der Waals surface area contributed by atoms with Gasteiger partial charge in [-0.25, -0.2) is 0 Å². The summed E-state index contributed by atoms with van der Waals surface area (Å²) in [5, 5.41) is 10.6. The van der Waals surface area contributed by atoms with Crippen molar-refractivity contribution in [2.75, 3.05) is 4.90 Å². The van der Waals surface area contributed by atoms with E-state index in [4.69, 9.17) is 0 Å². The van der Waals surface area contributed by atoms with Gasteiger partial charge in [0.05, 0.1) is 6.04 Å². The number of hydrogen-bond donors (Lipinski definition) is 0. The lowest BCUT2D eigenvalue weighted by Gasteiger charge is -2.38. The normalized spacial score (nSPS) is 16.3. The van der Waals surface area contributed by atoms with Gasteiger partial charge >= 0.3 is 0 Å². The molecule has 314 valence electrons. The number of rotatable bonds is 8. The highest BCUT2D eigenvalue weighted by Gasteiger charge is 2.31. The molecule has 0 spiro atoms. The maximum absolute atomic E-state index is 2.72.